The van der Waals surface area contributed by atoms with E-state index in [1.54, 1.807) is 12.3 Å². The van der Waals surface area contributed by atoms with Gasteiger partial charge in [-0.05, 0) is 55.5 Å². The lowest BCUT2D eigenvalue weighted by Crippen LogP contribution is -2.35. The molecule has 4 N–H and O–H groups in total. The van der Waals surface area contributed by atoms with Gasteiger partial charge in [-0.2, -0.15) is 0 Å². The number of aromatic nitrogens is 2. The molecule has 0 aliphatic rings. The molecule has 1 heterocycles. The minimum atomic E-state index is -0.589. The van der Waals surface area contributed by atoms with Gasteiger partial charge in [-0.3, -0.25) is 0 Å². The number of aliphatic hydroxyl groups is 1. The van der Waals surface area contributed by atoms with Crippen LogP contribution in [-0.4, -0.2) is 33.9 Å². The number of nitrogens with one attached hydrogen (secondary N) is 1. The number of primary amides is 1. The van der Waals surface area contributed by atoms with Crippen LogP contribution in [0.4, 0.5) is 4.79 Å². The summed E-state index contributed by atoms with van der Waals surface area (Å²) < 4.78 is 7.53. The van der Waals surface area contributed by atoms with Crippen molar-refractivity contribution in [1.29, 1.82) is 0 Å². The Hall–Kier alpha value is -4.36. The molecule has 3 aromatic carbocycles. The van der Waals surface area contributed by atoms with Gasteiger partial charge in [0, 0.05) is 25.1 Å². The molecular formula is C32H40N4O3. The fourth-order valence-electron chi connectivity index (χ4n) is 3.56. The highest BCUT2D eigenvalue weighted by Gasteiger charge is 2.20. The topological polar surface area (TPSA) is 102 Å². The second-order valence-electron chi connectivity index (χ2n) is 8.81. The van der Waals surface area contributed by atoms with Crippen LogP contribution in [0.15, 0.2) is 104 Å². The number of amides is 2. The molecule has 2 amide bonds. The van der Waals surface area contributed by atoms with Crippen molar-refractivity contribution in [2.24, 2.45) is 5.73 Å². The van der Waals surface area contributed by atoms with Gasteiger partial charge in [0.05, 0.1) is 11.7 Å². The molecule has 206 valence electrons. The van der Waals surface area contributed by atoms with E-state index in [0.717, 1.165) is 23.4 Å². The van der Waals surface area contributed by atoms with Crippen molar-refractivity contribution in [1.82, 2.24) is 14.9 Å². The van der Waals surface area contributed by atoms with Crippen molar-refractivity contribution in [2.75, 3.05) is 13.2 Å². The summed E-state index contributed by atoms with van der Waals surface area (Å²) in [5.41, 5.74) is 10.1. The van der Waals surface area contributed by atoms with E-state index >= 15 is 0 Å². The highest BCUT2D eigenvalue weighted by atomic mass is 16.5. The number of aryl methyl sites for hydroxylation is 2. The lowest BCUT2D eigenvalue weighted by atomic mass is 10.1. The van der Waals surface area contributed by atoms with Gasteiger partial charge >= 0.3 is 6.03 Å². The summed E-state index contributed by atoms with van der Waals surface area (Å²) in [6.45, 7) is 10.6. The van der Waals surface area contributed by atoms with Crippen LogP contribution in [0.25, 0.3) is 5.69 Å². The average molecular weight is 529 g/mol. The molecule has 0 aliphatic carbocycles. The summed E-state index contributed by atoms with van der Waals surface area (Å²) in [5.74, 6) is 1.42. The van der Waals surface area contributed by atoms with E-state index in [-0.39, 0.29) is 6.04 Å². The number of imidazole rings is 1. The normalized spacial score (nSPS) is 10.7. The second-order valence-corrected chi connectivity index (χ2v) is 8.81. The van der Waals surface area contributed by atoms with Gasteiger partial charge in [0.1, 0.15) is 18.2 Å². The van der Waals surface area contributed by atoms with E-state index < -0.39 is 6.03 Å². The molecule has 39 heavy (non-hydrogen) atoms. The summed E-state index contributed by atoms with van der Waals surface area (Å²) in [7, 11) is 0. The zero-order valence-corrected chi connectivity index (χ0v) is 23.1. The first kappa shape index (κ1) is 30.9. The van der Waals surface area contributed by atoms with E-state index in [9.17, 15) is 4.79 Å². The Kier molecular flexibility index (Phi) is 13.6. The van der Waals surface area contributed by atoms with Gasteiger partial charge in [-0.25, -0.2) is 9.78 Å². The van der Waals surface area contributed by atoms with Crippen molar-refractivity contribution in [3.8, 4) is 11.4 Å². The first-order valence-corrected chi connectivity index (χ1v) is 13.0. The lowest BCUT2D eigenvalue weighted by Gasteiger charge is -2.19. The van der Waals surface area contributed by atoms with Crippen molar-refractivity contribution >= 4 is 6.03 Å². The van der Waals surface area contributed by atoms with Crippen molar-refractivity contribution in [3.05, 3.63) is 126 Å². The van der Waals surface area contributed by atoms with E-state index in [1.807, 2.05) is 72.3 Å². The summed E-state index contributed by atoms with van der Waals surface area (Å²) in [6.07, 6.45) is 6.70. The molecule has 1 aromatic heterocycles. The number of benzene rings is 3. The first-order chi connectivity index (χ1) is 18.9. The molecule has 1 unspecified atom stereocenters. The fraction of sp³-hybridized carbons (Fsp3) is 0.250. The van der Waals surface area contributed by atoms with Crippen LogP contribution in [0.3, 0.4) is 0 Å². The van der Waals surface area contributed by atoms with Crippen LogP contribution in [0.2, 0.25) is 0 Å². The number of aliphatic hydroxyl groups excluding tert-OH is 1. The van der Waals surface area contributed by atoms with Gasteiger partial charge < -0.3 is 25.5 Å². The SMILES string of the molecule is C=CCOc1cccc(-n2ccnc2C(Cc2ccccc2)NC(N)=O)c1.CCCO.Cc1ccccc1C. The minimum absolute atomic E-state index is 0.319. The molecule has 0 aliphatic heterocycles. The molecule has 7 heteroatoms. The third-order valence-corrected chi connectivity index (χ3v) is 5.69. The minimum Gasteiger partial charge on any atom is -0.489 e. The Bertz CT molecular complexity index is 1250. The third-order valence-electron chi connectivity index (χ3n) is 5.69. The number of hydrogen-bond donors (Lipinski definition) is 3. The van der Waals surface area contributed by atoms with Gasteiger partial charge in [0.2, 0.25) is 0 Å². The Balaban J connectivity index is 0.000000368. The van der Waals surface area contributed by atoms with Crippen LogP contribution in [0, 0.1) is 13.8 Å². The molecule has 1 atom stereocenters. The Morgan fingerprint density at radius 3 is 2.28 bits per heavy atom. The maximum absolute atomic E-state index is 11.6. The number of carbonyl (C=O) groups is 1. The van der Waals surface area contributed by atoms with Crippen LogP contribution < -0.4 is 15.8 Å². The van der Waals surface area contributed by atoms with E-state index in [4.69, 9.17) is 15.6 Å². The average Bonchev–Trinajstić information content (AvgIpc) is 3.44. The van der Waals surface area contributed by atoms with E-state index in [1.165, 1.54) is 11.1 Å². The highest BCUT2D eigenvalue weighted by Crippen LogP contribution is 2.23. The molecule has 0 fully saturated rings. The smallest absolute Gasteiger partial charge is 0.312 e. The van der Waals surface area contributed by atoms with Gasteiger partial charge in [-0.15, -0.1) is 0 Å². The maximum atomic E-state index is 11.6. The number of ether oxygens (including phenoxy) is 1. The quantitative estimate of drug-likeness (QED) is 0.229. The van der Waals surface area contributed by atoms with Crippen LogP contribution in [0.1, 0.15) is 41.9 Å². The first-order valence-electron chi connectivity index (χ1n) is 13.0. The summed E-state index contributed by atoms with van der Waals surface area (Å²) in [6, 6.07) is 25.0. The molecule has 0 radical (unpaired) electrons. The van der Waals surface area contributed by atoms with Crippen LogP contribution in [-0.2, 0) is 6.42 Å². The van der Waals surface area contributed by atoms with Crippen molar-refractivity contribution in [2.45, 2.75) is 39.7 Å². The number of nitrogens with two attached hydrogens (primary N) is 1. The lowest BCUT2D eigenvalue weighted by molar-refractivity contribution is 0.244. The molecule has 4 rings (SSSR count). The van der Waals surface area contributed by atoms with Crippen LogP contribution in [0.5, 0.6) is 5.75 Å². The Morgan fingerprint density at radius 2 is 1.72 bits per heavy atom. The van der Waals surface area contributed by atoms with Crippen LogP contribution >= 0.6 is 0 Å². The third kappa shape index (κ3) is 10.9. The number of hydrogen-bond acceptors (Lipinski definition) is 4. The second kappa shape index (κ2) is 17.2. The van der Waals surface area contributed by atoms with E-state index in [0.29, 0.717) is 25.5 Å². The Labute approximate surface area is 232 Å². The number of carbonyl (C=O) groups excluding carboxylic acids is 1. The molecule has 0 saturated carbocycles. The largest absolute Gasteiger partial charge is 0.489 e. The summed E-state index contributed by atoms with van der Waals surface area (Å²) >= 11 is 0. The Morgan fingerprint density at radius 1 is 1.08 bits per heavy atom. The van der Waals surface area contributed by atoms with Crippen molar-refractivity contribution in [3.63, 3.8) is 0 Å². The zero-order valence-electron chi connectivity index (χ0n) is 23.1. The van der Waals surface area contributed by atoms with Gasteiger partial charge in [0.15, 0.2) is 0 Å². The molecule has 7 nitrogen and oxygen atoms in total. The van der Waals surface area contributed by atoms with Gasteiger partial charge in [0.25, 0.3) is 0 Å². The summed E-state index contributed by atoms with van der Waals surface area (Å²) in [5, 5.41) is 10.7. The zero-order chi connectivity index (χ0) is 28.5. The molecule has 0 bridgehead atoms. The standard InChI is InChI=1S/C21H22N4O2.C8H10.C3H8O/c1-2-13-27-18-10-6-9-17(15-18)25-12-11-23-20(25)19(24-21(22)26)14-16-7-4-3-5-8-16;1-7-5-3-4-6-8(7)2;1-2-3-4/h2-12,15,19H,1,13-14H2,(H3,22,24,26);3-6H,1-2H3;4H,2-3H2,1H3. The summed E-state index contributed by atoms with van der Waals surface area (Å²) in [4.78, 5) is 16.0. The molecule has 0 saturated heterocycles. The highest BCUT2D eigenvalue weighted by molar-refractivity contribution is 5.72. The number of urea groups is 1. The number of nitrogens with zero attached hydrogens (tertiary/aromatic N) is 2. The molecule has 4 aromatic rings. The number of rotatable bonds is 9. The maximum Gasteiger partial charge on any atom is 0.312 e. The van der Waals surface area contributed by atoms with Crippen molar-refractivity contribution < 1.29 is 14.6 Å². The van der Waals surface area contributed by atoms with Gasteiger partial charge in [-0.1, -0.05) is 80.2 Å². The molecular weight excluding hydrogens is 488 g/mol. The predicted octanol–water partition coefficient (Wildman–Crippen LogP) is 6.08. The van der Waals surface area contributed by atoms with E-state index in [2.05, 4.69) is 55.0 Å². The monoisotopic (exact) mass is 528 g/mol. The predicted molar refractivity (Wildman–Crippen MR) is 158 cm³/mol. The fourth-order valence-corrected chi connectivity index (χ4v) is 3.56. The molecule has 0 spiro atoms.